The van der Waals surface area contributed by atoms with E-state index in [9.17, 15) is 14.9 Å². The van der Waals surface area contributed by atoms with Gasteiger partial charge in [-0.05, 0) is 36.4 Å². The second-order valence-electron chi connectivity index (χ2n) is 7.38. The minimum absolute atomic E-state index is 0.0151. The largest absolute Gasteiger partial charge is 0.395 e. The molecule has 0 aliphatic heterocycles. The molecule has 14 heteroatoms. The summed E-state index contributed by atoms with van der Waals surface area (Å²) in [6.45, 7) is 1.07. The Kier molecular flexibility index (Phi) is 9.59. The first-order valence-corrected chi connectivity index (χ1v) is 11.5. The fourth-order valence-corrected chi connectivity index (χ4v) is 3.62. The number of nitro groups is 1. The molecule has 2 aromatic heterocycles. The summed E-state index contributed by atoms with van der Waals surface area (Å²) in [5.74, 6) is 0.435. The zero-order chi connectivity index (χ0) is 26.1. The van der Waals surface area contributed by atoms with Crippen molar-refractivity contribution < 1.29 is 14.8 Å². The molecule has 0 spiro atoms. The van der Waals surface area contributed by atoms with Crippen molar-refractivity contribution in [3.05, 3.63) is 62.6 Å². The van der Waals surface area contributed by atoms with Crippen molar-refractivity contribution in [2.24, 2.45) is 0 Å². The van der Waals surface area contributed by atoms with Crippen LogP contribution < -0.4 is 27.0 Å². The summed E-state index contributed by atoms with van der Waals surface area (Å²) < 4.78 is 0. The molecule has 3 aromatic rings. The fraction of sp³-hybridized carbons (Fsp3) is 0.227. The molecule has 3 rings (SSSR count). The fourth-order valence-electron chi connectivity index (χ4n) is 3.12. The molecule has 0 fully saturated rings. The zero-order valence-electron chi connectivity index (χ0n) is 18.9. The average Bonchev–Trinajstić information content (AvgIpc) is 2.83. The van der Waals surface area contributed by atoms with Crippen LogP contribution >= 0.6 is 23.2 Å². The van der Waals surface area contributed by atoms with Crippen LogP contribution in [0.2, 0.25) is 10.0 Å². The number of hydrogen-bond acceptors (Lipinski definition) is 10. The Hall–Kier alpha value is -3.71. The number of amides is 1. The normalized spacial score (nSPS) is 10.6. The van der Waals surface area contributed by atoms with Crippen LogP contribution in [0.4, 0.5) is 28.8 Å². The lowest BCUT2D eigenvalue weighted by molar-refractivity contribution is -0.384. The second-order valence-corrected chi connectivity index (χ2v) is 8.22. The number of aliphatic hydroxyl groups is 1. The number of pyridine rings is 2. The lowest BCUT2D eigenvalue weighted by Gasteiger charge is -2.15. The molecule has 0 saturated heterocycles. The van der Waals surface area contributed by atoms with Gasteiger partial charge in [0.15, 0.2) is 0 Å². The van der Waals surface area contributed by atoms with E-state index in [0.717, 1.165) is 0 Å². The highest BCUT2D eigenvalue weighted by atomic mass is 35.5. The quantitative estimate of drug-likeness (QED) is 0.115. The first kappa shape index (κ1) is 26.9. The zero-order valence-corrected chi connectivity index (χ0v) is 20.4. The van der Waals surface area contributed by atoms with E-state index < -0.39 is 4.92 Å². The van der Waals surface area contributed by atoms with Gasteiger partial charge in [-0.25, -0.2) is 9.97 Å². The summed E-state index contributed by atoms with van der Waals surface area (Å²) in [7, 11) is 0. The van der Waals surface area contributed by atoms with E-state index in [4.69, 9.17) is 34.0 Å². The van der Waals surface area contributed by atoms with Gasteiger partial charge in [0.25, 0.3) is 0 Å². The number of halogens is 2. The van der Waals surface area contributed by atoms with Gasteiger partial charge in [0, 0.05) is 36.3 Å². The van der Waals surface area contributed by atoms with Gasteiger partial charge in [-0.3, -0.25) is 14.9 Å². The van der Waals surface area contributed by atoms with Gasteiger partial charge >= 0.3 is 5.69 Å². The topological polar surface area (TPSA) is 180 Å². The van der Waals surface area contributed by atoms with Crippen LogP contribution in [0.15, 0.2) is 42.5 Å². The maximum absolute atomic E-state index is 12.3. The molecule has 0 aliphatic carbocycles. The number of carbonyl (C=O) groups excluding carboxylic acids is 1. The number of aliphatic hydroxyl groups excluding tert-OH is 1. The molecule has 2 heterocycles. The molecule has 0 bridgehead atoms. The van der Waals surface area contributed by atoms with E-state index >= 15 is 0 Å². The van der Waals surface area contributed by atoms with Gasteiger partial charge < -0.3 is 32.1 Å². The van der Waals surface area contributed by atoms with Crippen molar-refractivity contribution in [2.75, 3.05) is 54.5 Å². The number of rotatable bonds is 12. The number of carbonyl (C=O) groups is 1. The minimum Gasteiger partial charge on any atom is -0.395 e. The standard InChI is InChI=1S/C22H24Cl2N8O4/c23-13-1-2-14(15(24)11-13)21-16(29-20(34)12-26-9-10-33)3-5-18(30-21)27-7-8-28-19-6-4-17(32(35)36)22(25)31-19/h1-6,11,26,33H,7-10,12H2,(H,27,30)(H,29,34)(H3,25,28,31). The van der Waals surface area contributed by atoms with Crippen molar-refractivity contribution in [3.8, 4) is 11.3 Å². The number of nitrogens with two attached hydrogens (primary N) is 1. The molecule has 1 aromatic carbocycles. The first-order valence-electron chi connectivity index (χ1n) is 10.7. The Bertz CT molecular complexity index is 1240. The van der Waals surface area contributed by atoms with E-state index in [2.05, 4.69) is 31.2 Å². The van der Waals surface area contributed by atoms with Crippen molar-refractivity contribution in [1.82, 2.24) is 15.3 Å². The van der Waals surface area contributed by atoms with E-state index in [1.807, 2.05) is 0 Å². The highest BCUT2D eigenvalue weighted by Crippen LogP contribution is 2.34. The lowest BCUT2D eigenvalue weighted by Crippen LogP contribution is -2.30. The molecule has 190 valence electrons. The number of nitrogen functional groups attached to an aromatic ring is 1. The highest BCUT2D eigenvalue weighted by molar-refractivity contribution is 6.36. The van der Waals surface area contributed by atoms with Gasteiger partial charge in [0.2, 0.25) is 11.7 Å². The molecule has 7 N–H and O–H groups in total. The molecular formula is C22H24Cl2N8O4. The van der Waals surface area contributed by atoms with E-state index in [-0.39, 0.29) is 30.6 Å². The van der Waals surface area contributed by atoms with Crippen LogP contribution in [0.3, 0.4) is 0 Å². The predicted molar refractivity (Wildman–Crippen MR) is 141 cm³/mol. The summed E-state index contributed by atoms with van der Waals surface area (Å²) in [4.78, 5) is 31.2. The number of hydrogen-bond donors (Lipinski definition) is 6. The first-order chi connectivity index (χ1) is 17.3. The van der Waals surface area contributed by atoms with Crippen molar-refractivity contribution in [1.29, 1.82) is 0 Å². The Balaban J connectivity index is 1.71. The third-order valence-electron chi connectivity index (χ3n) is 4.77. The van der Waals surface area contributed by atoms with Crippen LogP contribution in [-0.4, -0.2) is 58.7 Å². The van der Waals surface area contributed by atoms with Crippen LogP contribution in [0, 0.1) is 10.1 Å². The van der Waals surface area contributed by atoms with Crippen molar-refractivity contribution >= 4 is 57.9 Å². The summed E-state index contributed by atoms with van der Waals surface area (Å²) >= 11 is 12.4. The average molecular weight is 535 g/mol. The minimum atomic E-state index is -0.596. The lowest BCUT2D eigenvalue weighted by atomic mass is 10.1. The molecule has 1 amide bonds. The van der Waals surface area contributed by atoms with E-state index in [1.54, 1.807) is 30.3 Å². The smallest absolute Gasteiger partial charge is 0.311 e. The van der Waals surface area contributed by atoms with Crippen LogP contribution in [-0.2, 0) is 4.79 Å². The Morgan fingerprint density at radius 2 is 1.72 bits per heavy atom. The van der Waals surface area contributed by atoms with Gasteiger partial charge in [-0.1, -0.05) is 23.2 Å². The third kappa shape index (κ3) is 7.39. The third-order valence-corrected chi connectivity index (χ3v) is 5.31. The molecule has 0 aliphatic rings. The second kappa shape index (κ2) is 12.8. The molecular weight excluding hydrogens is 511 g/mol. The summed E-state index contributed by atoms with van der Waals surface area (Å²) in [6.07, 6.45) is 0. The Morgan fingerprint density at radius 3 is 2.36 bits per heavy atom. The van der Waals surface area contributed by atoms with Crippen LogP contribution in [0.1, 0.15) is 0 Å². The molecule has 0 unspecified atom stereocenters. The maximum atomic E-state index is 12.3. The summed E-state index contributed by atoms with van der Waals surface area (Å²) in [5, 5.41) is 32.3. The van der Waals surface area contributed by atoms with Crippen LogP contribution in [0.25, 0.3) is 11.3 Å². The van der Waals surface area contributed by atoms with Gasteiger partial charge in [0.1, 0.15) is 11.6 Å². The summed E-state index contributed by atoms with van der Waals surface area (Å²) in [6, 6.07) is 11.1. The van der Waals surface area contributed by atoms with Gasteiger partial charge in [0.05, 0.1) is 34.5 Å². The maximum Gasteiger partial charge on any atom is 0.311 e. The number of aromatic nitrogens is 2. The molecule has 12 nitrogen and oxygen atoms in total. The monoisotopic (exact) mass is 534 g/mol. The number of nitrogens with zero attached hydrogens (tertiary/aromatic N) is 3. The number of anilines is 4. The van der Waals surface area contributed by atoms with E-state index in [1.165, 1.54) is 12.1 Å². The van der Waals surface area contributed by atoms with Gasteiger partial charge in [-0.15, -0.1) is 0 Å². The van der Waals surface area contributed by atoms with Crippen molar-refractivity contribution in [3.63, 3.8) is 0 Å². The summed E-state index contributed by atoms with van der Waals surface area (Å²) in [5.41, 5.74) is 6.82. The van der Waals surface area contributed by atoms with Crippen LogP contribution in [0.5, 0.6) is 0 Å². The number of benzene rings is 1. The van der Waals surface area contributed by atoms with Crippen molar-refractivity contribution in [2.45, 2.75) is 0 Å². The molecule has 36 heavy (non-hydrogen) atoms. The Morgan fingerprint density at radius 1 is 1.03 bits per heavy atom. The highest BCUT2D eigenvalue weighted by Gasteiger charge is 2.15. The number of nitrogens with one attached hydrogen (secondary N) is 4. The Labute approximate surface area is 216 Å². The molecule has 0 saturated carbocycles. The molecule has 0 radical (unpaired) electrons. The van der Waals surface area contributed by atoms with E-state index in [0.29, 0.717) is 58.3 Å². The van der Waals surface area contributed by atoms with Gasteiger partial charge in [-0.2, -0.15) is 0 Å². The molecule has 0 atom stereocenters. The SMILES string of the molecule is Nc1nc(NCCNc2ccc(NC(=O)CNCCO)c(-c3ccc(Cl)cc3Cl)n2)ccc1[N+](=O)[O-]. The predicted octanol–water partition coefficient (Wildman–Crippen LogP) is 2.99.